The molecule has 1 saturated heterocycles. The molecule has 2 N–H and O–H groups in total. The Hall–Kier alpha value is -0.970. The van der Waals surface area contributed by atoms with E-state index in [0.29, 0.717) is 0 Å². The van der Waals surface area contributed by atoms with E-state index in [1.165, 1.54) is 12.1 Å². The average molecular weight is 238 g/mol. The maximum atomic E-state index is 13.1. The monoisotopic (exact) mass is 238 g/mol. The number of aryl methyl sites for hydroxylation is 1. The first-order chi connectivity index (χ1) is 8.22. The summed E-state index contributed by atoms with van der Waals surface area (Å²) in [5, 5.41) is 12.9. The zero-order chi connectivity index (χ0) is 12.3. The van der Waals surface area contributed by atoms with Crippen LogP contribution in [0.15, 0.2) is 18.2 Å². The Morgan fingerprint density at radius 1 is 1.41 bits per heavy atom. The van der Waals surface area contributed by atoms with Crippen LogP contribution < -0.4 is 5.32 Å². The molecular formula is C13H19FN2O. The van der Waals surface area contributed by atoms with E-state index in [4.69, 9.17) is 0 Å². The molecule has 1 aromatic rings. The van der Waals surface area contributed by atoms with Gasteiger partial charge in [0.25, 0.3) is 0 Å². The topological polar surface area (TPSA) is 35.5 Å². The third kappa shape index (κ3) is 2.83. The molecule has 1 aliphatic heterocycles. The van der Waals surface area contributed by atoms with E-state index in [9.17, 15) is 9.50 Å². The summed E-state index contributed by atoms with van der Waals surface area (Å²) < 4.78 is 13.1. The minimum Gasteiger partial charge on any atom is -0.394 e. The molecule has 3 nitrogen and oxygen atoms in total. The van der Waals surface area contributed by atoms with Gasteiger partial charge < -0.3 is 10.4 Å². The molecule has 0 aliphatic carbocycles. The molecule has 94 valence electrons. The van der Waals surface area contributed by atoms with Crippen molar-refractivity contribution in [2.24, 2.45) is 0 Å². The van der Waals surface area contributed by atoms with Gasteiger partial charge in [-0.05, 0) is 30.2 Å². The molecule has 1 atom stereocenters. The van der Waals surface area contributed by atoms with Crippen molar-refractivity contribution < 1.29 is 9.50 Å². The minimum absolute atomic E-state index is 0.0160. The lowest BCUT2D eigenvalue weighted by molar-refractivity contribution is 0.110. The standard InChI is InChI=1S/C13H19FN2O/c1-10-8-11(14)2-3-12(10)13(9-17)16-6-4-15-5-7-16/h2-3,8,13,15,17H,4-7,9H2,1H3/t13-/m1/s1. The summed E-state index contributed by atoms with van der Waals surface area (Å²) in [6, 6.07) is 4.76. The van der Waals surface area contributed by atoms with Gasteiger partial charge in [0.15, 0.2) is 0 Å². The van der Waals surface area contributed by atoms with Crippen LogP contribution in [0.4, 0.5) is 4.39 Å². The van der Waals surface area contributed by atoms with Crippen LogP contribution in [-0.4, -0.2) is 42.8 Å². The Kier molecular flexibility index (Phi) is 4.10. The Labute approximate surface area is 101 Å². The number of nitrogens with one attached hydrogen (secondary N) is 1. The van der Waals surface area contributed by atoms with Gasteiger partial charge in [-0.2, -0.15) is 0 Å². The molecule has 1 fully saturated rings. The summed E-state index contributed by atoms with van der Waals surface area (Å²) in [6.07, 6.45) is 0. The van der Waals surface area contributed by atoms with Crippen LogP contribution in [0.3, 0.4) is 0 Å². The van der Waals surface area contributed by atoms with Crippen LogP contribution >= 0.6 is 0 Å². The van der Waals surface area contributed by atoms with Crippen LogP contribution in [0, 0.1) is 12.7 Å². The van der Waals surface area contributed by atoms with Gasteiger partial charge in [0, 0.05) is 26.2 Å². The number of hydrogen-bond acceptors (Lipinski definition) is 3. The van der Waals surface area contributed by atoms with Crippen molar-refractivity contribution in [2.45, 2.75) is 13.0 Å². The second-order valence-electron chi connectivity index (χ2n) is 4.49. The number of nitrogens with zero attached hydrogens (tertiary/aromatic N) is 1. The highest BCUT2D eigenvalue weighted by Gasteiger charge is 2.22. The fourth-order valence-electron chi connectivity index (χ4n) is 2.42. The van der Waals surface area contributed by atoms with Crippen LogP contribution in [0.2, 0.25) is 0 Å². The van der Waals surface area contributed by atoms with Crippen LogP contribution in [0.25, 0.3) is 0 Å². The highest BCUT2D eigenvalue weighted by molar-refractivity contribution is 5.29. The molecule has 0 aromatic heterocycles. The molecule has 0 radical (unpaired) electrons. The van der Waals surface area contributed by atoms with Crippen molar-refractivity contribution in [3.05, 3.63) is 35.1 Å². The van der Waals surface area contributed by atoms with Gasteiger partial charge >= 0.3 is 0 Å². The normalized spacial score (nSPS) is 19.2. The summed E-state index contributed by atoms with van der Waals surface area (Å²) in [4.78, 5) is 2.25. The molecule has 0 bridgehead atoms. The van der Waals surface area contributed by atoms with Gasteiger partial charge in [-0.3, -0.25) is 4.90 Å². The van der Waals surface area contributed by atoms with Crippen LogP contribution in [0.5, 0.6) is 0 Å². The number of halogens is 1. The molecule has 17 heavy (non-hydrogen) atoms. The lowest BCUT2D eigenvalue weighted by atomic mass is 10.00. The summed E-state index contributed by atoms with van der Waals surface area (Å²) in [6.45, 7) is 5.69. The van der Waals surface area contributed by atoms with Crippen molar-refractivity contribution >= 4 is 0 Å². The zero-order valence-electron chi connectivity index (χ0n) is 10.1. The number of hydrogen-bond donors (Lipinski definition) is 2. The number of rotatable bonds is 3. The van der Waals surface area contributed by atoms with Gasteiger partial charge in [-0.15, -0.1) is 0 Å². The van der Waals surface area contributed by atoms with Crippen molar-refractivity contribution in [3.63, 3.8) is 0 Å². The highest BCUT2D eigenvalue weighted by Crippen LogP contribution is 2.24. The summed E-state index contributed by atoms with van der Waals surface area (Å²) >= 11 is 0. The molecule has 1 aliphatic rings. The molecule has 0 saturated carbocycles. The third-order valence-electron chi connectivity index (χ3n) is 3.36. The molecule has 1 heterocycles. The largest absolute Gasteiger partial charge is 0.394 e. The molecule has 0 amide bonds. The highest BCUT2D eigenvalue weighted by atomic mass is 19.1. The Balaban J connectivity index is 2.21. The van der Waals surface area contributed by atoms with E-state index in [-0.39, 0.29) is 18.5 Å². The first-order valence-electron chi connectivity index (χ1n) is 6.04. The Morgan fingerprint density at radius 3 is 2.71 bits per heavy atom. The summed E-state index contributed by atoms with van der Waals surface area (Å²) in [5.74, 6) is -0.219. The molecule has 4 heteroatoms. The van der Waals surface area contributed by atoms with Gasteiger partial charge in [0.05, 0.1) is 12.6 Å². The predicted molar refractivity (Wildman–Crippen MR) is 65.4 cm³/mol. The van der Waals surface area contributed by atoms with Crippen LogP contribution in [0.1, 0.15) is 17.2 Å². The fourth-order valence-corrected chi connectivity index (χ4v) is 2.42. The first kappa shape index (κ1) is 12.5. The van der Waals surface area contributed by atoms with E-state index in [0.717, 1.165) is 37.3 Å². The molecule has 2 rings (SSSR count). The van der Waals surface area contributed by atoms with Crippen LogP contribution in [-0.2, 0) is 0 Å². The maximum Gasteiger partial charge on any atom is 0.123 e. The van der Waals surface area contributed by atoms with Gasteiger partial charge in [0.2, 0.25) is 0 Å². The van der Waals surface area contributed by atoms with Crippen molar-refractivity contribution in [1.82, 2.24) is 10.2 Å². The van der Waals surface area contributed by atoms with Crippen molar-refractivity contribution in [2.75, 3.05) is 32.8 Å². The summed E-state index contributed by atoms with van der Waals surface area (Å²) in [7, 11) is 0. The fraction of sp³-hybridized carbons (Fsp3) is 0.538. The Morgan fingerprint density at radius 2 is 2.12 bits per heavy atom. The van der Waals surface area contributed by atoms with E-state index in [1.54, 1.807) is 6.07 Å². The van der Waals surface area contributed by atoms with Gasteiger partial charge in [-0.1, -0.05) is 6.07 Å². The molecule has 0 unspecified atom stereocenters. The van der Waals surface area contributed by atoms with Gasteiger partial charge in [-0.25, -0.2) is 4.39 Å². The number of aliphatic hydroxyl groups is 1. The first-order valence-corrected chi connectivity index (χ1v) is 6.04. The third-order valence-corrected chi connectivity index (χ3v) is 3.36. The van der Waals surface area contributed by atoms with E-state index >= 15 is 0 Å². The lowest BCUT2D eigenvalue weighted by Gasteiger charge is -2.34. The predicted octanol–water partition coefficient (Wildman–Crippen LogP) is 1.07. The van der Waals surface area contributed by atoms with Crippen molar-refractivity contribution in [1.29, 1.82) is 0 Å². The number of benzene rings is 1. The lowest BCUT2D eigenvalue weighted by Crippen LogP contribution is -2.46. The molecular weight excluding hydrogens is 219 g/mol. The van der Waals surface area contributed by atoms with E-state index < -0.39 is 0 Å². The quantitative estimate of drug-likeness (QED) is 0.827. The van der Waals surface area contributed by atoms with E-state index in [2.05, 4.69) is 10.2 Å². The zero-order valence-corrected chi connectivity index (χ0v) is 10.1. The molecule has 1 aromatic carbocycles. The second kappa shape index (κ2) is 5.58. The molecule has 0 spiro atoms. The second-order valence-corrected chi connectivity index (χ2v) is 4.49. The number of piperazine rings is 1. The van der Waals surface area contributed by atoms with E-state index in [1.807, 2.05) is 6.92 Å². The number of aliphatic hydroxyl groups excluding tert-OH is 1. The van der Waals surface area contributed by atoms with Crippen molar-refractivity contribution in [3.8, 4) is 0 Å². The SMILES string of the molecule is Cc1cc(F)ccc1[C@@H](CO)N1CCNCC1. The smallest absolute Gasteiger partial charge is 0.123 e. The van der Waals surface area contributed by atoms with Gasteiger partial charge in [0.1, 0.15) is 5.82 Å². The Bertz CT molecular complexity index is 378. The summed E-state index contributed by atoms with van der Waals surface area (Å²) in [5.41, 5.74) is 1.93. The maximum absolute atomic E-state index is 13.1. The average Bonchev–Trinajstić information content (AvgIpc) is 2.34. The minimum atomic E-state index is -0.219.